The molecule has 1 aliphatic rings. The fraction of sp³-hybridized carbons (Fsp3) is 0.500. The Labute approximate surface area is 127 Å². The number of aryl methyl sites for hydroxylation is 1. The van der Waals surface area contributed by atoms with Crippen molar-refractivity contribution >= 4 is 17.0 Å². The van der Waals surface area contributed by atoms with Crippen LogP contribution in [-0.4, -0.2) is 43.2 Å². The second kappa shape index (κ2) is 5.36. The Morgan fingerprint density at radius 3 is 3.18 bits per heavy atom. The molecule has 8 nitrogen and oxygen atoms in total. The van der Waals surface area contributed by atoms with E-state index >= 15 is 0 Å². The molecule has 3 aromatic heterocycles. The predicted molar refractivity (Wildman–Crippen MR) is 79.5 cm³/mol. The van der Waals surface area contributed by atoms with Crippen molar-refractivity contribution < 1.29 is 4.52 Å². The van der Waals surface area contributed by atoms with Crippen molar-refractivity contribution in [1.82, 2.24) is 30.1 Å². The zero-order valence-corrected chi connectivity index (χ0v) is 12.4. The van der Waals surface area contributed by atoms with Gasteiger partial charge in [0.15, 0.2) is 17.3 Å². The van der Waals surface area contributed by atoms with Gasteiger partial charge in [-0.3, -0.25) is 0 Å². The molecule has 0 aliphatic carbocycles. The molecule has 0 spiro atoms. The highest BCUT2D eigenvalue weighted by molar-refractivity contribution is 5.82. The lowest BCUT2D eigenvalue weighted by molar-refractivity contribution is 0.368. The van der Waals surface area contributed by atoms with Crippen LogP contribution in [0, 0.1) is 0 Å². The summed E-state index contributed by atoms with van der Waals surface area (Å²) in [6, 6.07) is 0. The zero-order valence-electron chi connectivity index (χ0n) is 12.4. The molecule has 1 aliphatic heterocycles. The van der Waals surface area contributed by atoms with Gasteiger partial charge in [-0.25, -0.2) is 15.0 Å². The Kier molecular flexibility index (Phi) is 3.21. The summed E-state index contributed by atoms with van der Waals surface area (Å²) in [5.41, 5.74) is 1.57. The molecule has 0 saturated carbocycles. The van der Waals surface area contributed by atoms with Gasteiger partial charge in [0.25, 0.3) is 0 Å². The summed E-state index contributed by atoms with van der Waals surface area (Å²) >= 11 is 0. The van der Waals surface area contributed by atoms with Crippen LogP contribution in [0.2, 0.25) is 0 Å². The Bertz CT molecular complexity index is 780. The van der Waals surface area contributed by atoms with Crippen LogP contribution in [-0.2, 0) is 6.42 Å². The van der Waals surface area contributed by atoms with Crippen LogP contribution in [0.5, 0.6) is 0 Å². The minimum absolute atomic E-state index is 0.269. The molecule has 4 heterocycles. The number of nitrogens with one attached hydrogen (secondary N) is 1. The third-order valence-electron chi connectivity index (χ3n) is 4.08. The second-order valence-corrected chi connectivity index (χ2v) is 5.48. The van der Waals surface area contributed by atoms with Crippen LogP contribution >= 0.6 is 0 Å². The zero-order chi connectivity index (χ0) is 14.9. The molecule has 114 valence electrons. The number of nitrogens with zero attached hydrogens (tertiary/aromatic N) is 6. The Balaban J connectivity index is 1.62. The SMILES string of the molecule is CCc1nc([C@@H]2CCCN(c3ncnc4nc[nH]c34)C2)no1. The summed E-state index contributed by atoms with van der Waals surface area (Å²) in [4.78, 5) is 22.6. The van der Waals surface area contributed by atoms with Gasteiger partial charge in [-0.1, -0.05) is 12.1 Å². The second-order valence-electron chi connectivity index (χ2n) is 5.48. The van der Waals surface area contributed by atoms with Crippen molar-refractivity contribution in [3.8, 4) is 0 Å². The molecule has 1 fully saturated rings. The number of H-pyrrole nitrogens is 1. The van der Waals surface area contributed by atoms with Gasteiger partial charge in [0, 0.05) is 25.4 Å². The van der Waals surface area contributed by atoms with E-state index in [0.717, 1.165) is 49.5 Å². The van der Waals surface area contributed by atoms with Crippen molar-refractivity contribution in [2.75, 3.05) is 18.0 Å². The smallest absolute Gasteiger partial charge is 0.226 e. The van der Waals surface area contributed by atoms with E-state index in [9.17, 15) is 0 Å². The third-order valence-corrected chi connectivity index (χ3v) is 4.08. The normalized spacial score (nSPS) is 19.0. The third kappa shape index (κ3) is 2.20. The summed E-state index contributed by atoms with van der Waals surface area (Å²) in [5, 5.41) is 4.13. The van der Waals surface area contributed by atoms with Gasteiger partial charge in [0.2, 0.25) is 5.89 Å². The summed E-state index contributed by atoms with van der Waals surface area (Å²) in [6.45, 7) is 3.80. The van der Waals surface area contributed by atoms with Crippen molar-refractivity contribution in [2.24, 2.45) is 0 Å². The lowest BCUT2D eigenvalue weighted by Gasteiger charge is -2.32. The highest BCUT2D eigenvalue weighted by Crippen LogP contribution is 2.29. The van der Waals surface area contributed by atoms with Crippen LogP contribution < -0.4 is 4.90 Å². The van der Waals surface area contributed by atoms with E-state index in [1.54, 1.807) is 12.7 Å². The highest BCUT2D eigenvalue weighted by Gasteiger charge is 2.27. The topological polar surface area (TPSA) is 96.6 Å². The Morgan fingerprint density at radius 1 is 1.36 bits per heavy atom. The summed E-state index contributed by atoms with van der Waals surface area (Å²) < 4.78 is 5.24. The Morgan fingerprint density at radius 2 is 2.32 bits per heavy atom. The lowest BCUT2D eigenvalue weighted by atomic mass is 9.97. The molecule has 8 heteroatoms. The van der Waals surface area contributed by atoms with E-state index in [1.807, 2.05) is 6.92 Å². The van der Waals surface area contributed by atoms with Crippen LogP contribution in [0.1, 0.15) is 37.4 Å². The van der Waals surface area contributed by atoms with Gasteiger partial charge in [0.05, 0.1) is 6.33 Å². The molecule has 1 N–H and O–H groups in total. The number of aromatic amines is 1. The Hall–Kier alpha value is -2.51. The minimum atomic E-state index is 0.269. The van der Waals surface area contributed by atoms with Crippen LogP contribution in [0.3, 0.4) is 0 Å². The van der Waals surface area contributed by atoms with E-state index in [0.29, 0.717) is 11.5 Å². The maximum absolute atomic E-state index is 5.24. The molecule has 1 saturated heterocycles. The lowest BCUT2D eigenvalue weighted by Crippen LogP contribution is -2.35. The standard InChI is InChI=1S/C14H17N7O/c1-2-10-19-12(20-22-10)9-4-3-5-21(6-9)14-11-13(16-7-15-11)17-8-18-14/h7-9H,2-6H2,1H3,(H,15,16,17,18)/t9-/m1/s1. The summed E-state index contributed by atoms with van der Waals surface area (Å²) in [7, 11) is 0. The van der Waals surface area contributed by atoms with E-state index < -0.39 is 0 Å². The first-order chi connectivity index (χ1) is 10.8. The molecule has 0 radical (unpaired) electrons. The molecule has 0 amide bonds. The van der Waals surface area contributed by atoms with Crippen LogP contribution in [0.4, 0.5) is 5.82 Å². The number of aromatic nitrogens is 6. The number of anilines is 1. The first kappa shape index (κ1) is 13.2. The quantitative estimate of drug-likeness (QED) is 0.785. The minimum Gasteiger partial charge on any atom is -0.354 e. The molecular weight excluding hydrogens is 282 g/mol. The van der Waals surface area contributed by atoms with Gasteiger partial charge in [-0.05, 0) is 12.8 Å². The number of piperidine rings is 1. The molecule has 4 rings (SSSR count). The molecule has 0 unspecified atom stereocenters. The monoisotopic (exact) mass is 299 g/mol. The van der Waals surface area contributed by atoms with E-state index in [4.69, 9.17) is 4.52 Å². The molecule has 3 aromatic rings. The van der Waals surface area contributed by atoms with Crippen LogP contribution in [0.25, 0.3) is 11.2 Å². The largest absolute Gasteiger partial charge is 0.354 e. The summed E-state index contributed by atoms with van der Waals surface area (Å²) in [6.07, 6.45) is 6.11. The van der Waals surface area contributed by atoms with Crippen molar-refractivity contribution in [3.05, 3.63) is 24.4 Å². The van der Waals surface area contributed by atoms with Gasteiger partial charge in [-0.2, -0.15) is 4.98 Å². The number of imidazole rings is 1. The number of hydrogen-bond acceptors (Lipinski definition) is 7. The average Bonchev–Trinajstić information content (AvgIpc) is 3.23. The van der Waals surface area contributed by atoms with Gasteiger partial charge >= 0.3 is 0 Å². The highest BCUT2D eigenvalue weighted by atomic mass is 16.5. The maximum Gasteiger partial charge on any atom is 0.226 e. The van der Waals surface area contributed by atoms with E-state index in [-0.39, 0.29) is 5.92 Å². The molecule has 22 heavy (non-hydrogen) atoms. The van der Waals surface area contributed by atoms with Gasteiger partial charge in [0.1, 0.15) is 11.8 Å². The predicted octanol–water partition coefficient (Wildman–Crippen LogP) is 1.68. The van der Waals surface area contributed by atoms with E-state index in [2.05, 4.69) is 35.0 Å². The number of fused-ring (bicyclic) bond motifs is 1. The average molecular weight is 299 g/mol. The van der Waals surface area contributed by atoms with Gasteiger partial charge in [-0.15, -0.1) is 0 Å². The van der Waals surface area contributed by atoms with Gasteiger partial charge < -0.3 is 14.4 Å². The van der Waals surface area contributed by atoms with E-state index in [1.165, 1.54) is 0 Å². The van der Waals surface area contributed by atoms with Crippen molar-refractivity contribution in [1.29, 1.82) is 0 Å². The van der Waals surface area contributed by atoms with Crippen LogP contribution in [0.15, 0.2) is 17.2 Å². The fourth-order valence-electron chi connectivity index (χ4n) is 2.95. The molecule has 1 atom stereocenters. The molecular formula is C14H17N7O. The number of hydrogen-bond donors (Lipinski definition) is 1. The molecule has 0 aromatic carbocycles. The first-order valence-corrected chi connectivity index (χ1v) is 7.56. The van der Waals surface area contributed by atoms with Crippen molar-refractivity contribution in [2.45, 2.75) is 32.1 Å². The number of rotatable bonds is 3. The fourth-order valence-corrected chi connectivity index (χ4v) is 2.95. The summed E-state index contributed by atoms with van der Waals surface area (Å²) in [5.74, 6) is 2.67. The first-order valence-electron chi connectivity index (χ1n) is 7.56. The maximum atomic E-state index is 5.24. The molecule has 0 bridgehead atoms. The van der Waals surface area contributed by atoms with Crippen molar-refractivity contribution in [3.63, 3.8) is 0 Å².